The van der Waals surface area contributed by atoms with Gasteiger partial charge in [0, 0.05) is 12.5 Å². The zero-order chi connectivity index (χ0) is 10.6. The molecule has 1 saturated heterocycles. The Morgan fingerprint density at radius 2 is 2.07 bits per heavy atom. The van der Waals surface area contributed by atoms with Crippen molar-refractivity contribution in [2.75, 3.05) is 19.6 Å². The van der Waals surface area contributed by atoms with Crippen molar-refractivity contribution in [3.8, 4) is 0 Å². The van der Waals surface area contributed by atoms with Crippen molar-refractivity contribution in [1.29, 1.82) is 0 Å². The Hall–Kier alpha value is -0.410. The Balaban J connectivity index is 2.25. The van der Waals surface area contributed by atoms with Gasteiger partial charge in [-0.3, -0.25) is 4.79 Å². The summed E-state index contributed by atoms with van der Waals surface area (Å²) < 4.78 is 0. The van der Waals surface area contributed by atoms with Crippen LogP contribution in [0.2, 0.25) is 0 Å². The summed E-state index contributed by atoms with van der Waals surface area (Å²) >= 11 is 0. The highest BCUT2D eigenvalue weighted by molar-refractivity contribution is 5.78. The maximum atomic E-state index is 11.1. The molecule has 0 saturated carbocycles. The zero-order valence-corrected chi connectivity index (χ0v) is 9.20. The molecular weight excluding hydrogens is 178 g/mol. The quantitative estimate of drug-likeness (QED) is 0.736. The second-order valence-corrected chi connectivity index (χ2v) is 4.25. The monoisotopic (exact) mass is 199 g/mol. The average molecular weight is 199 g/mol. The number of aliphatic hydroxyl groups is 1. The van der Waals surface area contributed by atoms with Gasteiger partial charge in [-0.2, -0.15) is 0 Å². The van der Waals surface area contributed by atoms with E-state index >= 15 is 0 Å². The molecule has 1 rings (SSSR count). The molecule has 1 aliphatic rings. The maximum absolute atomic E-state index is 11.1. The third-order valence-corrected chi connectivity index (χ3v) is 3.10. The maximum Gasteiger partial charge on any atom is 0.133 e. The molecule has 0 amide bonds. The number of ketones is 1. The van der Waals surface area contributed by atoms with Crippen molar-refractivity contribution in [2.45, 2.75) is 39.2 Å². The van der Waals surface area contributed by atoms with Crippen LogP contribution < -0.4 is 0 Å². The predicted molar refractivity (Wildman–Crippen MR) is 56.1 cm³/mol. The first kappa shape index (κ1) is 11.7. The Morgan fingerprint density at radius 3 is 2.50 bits per heavy atom. The van der Waals surface area contributed by atoms with Gasteiger partial charge in [-0.15, -0.1) is 0 Å². The molecule has 0 spiro atoms. The molecule has 3 heteroatoms. The van der Waals surface area contributed by atoms with Crippen molar-refractivity contribution in [1.82, 2.24) is 4.90 Å². The summed E-state index contributed by atoms with van der Waals surface area (Å²) in [4.78, 5) is 13.4. The van der Waals surface area contributed by atoms with Crippen LogP contribution in [0.5, 0.6) is 0 Å². The van der Waals surface area contributed by atoms with E-state index in [1.165, 1.54) is 0 Å². The van der Waals surface area contributed by atoms with E-state index in [2.05, 4.69) is 4.90 Å². The van der Waals surface area contributed by atoms with Gasteiger partial charge in [-0.25, -0.2) is 0 Å². The van der Waals surface area contributed by atoms with Crippen molar-refractivity contribution >= 4 is 5.78 Å². The molecule has 1 heterocycles. The molecule has 1 N–H and O–H groups in total. The van der Waals surface area contributed by atoms with Crippen molar-refractivity contribution < 1.29 is 9.90 Å². The summed E-state index contributed by atoms with van der Waals surface area (Å²) in [5, 5.41) is 9.48. The first-order valence-corrected chi connectivity index (χ1v) is 5.54. The van der Waals surface area contributed by atoms with Crippen LogP contribution in [0.15, 0.2) is 0 Å². The molecule has 3 nitrogen and oxygen atoms in total. The summed E-state index contributed by atoms with van der Waals surface area (Å²) in [5.41, 5.74) is 0. The van der Waals surface area contributed by atoms with E-state index in [4.69, 9.17) is 0 Å². The number of likely N-dealkylation sites (tertiary alicyclic amines) is 1. The summed E-state index contributed by atoms with van der Waals surface area (Å²) in [6, 6.07) is 0. The van der Waals surface area contributed by atoms with Crippen LogP contribution >= 0.6 is 0 Å². The number of carbonyl (C=O) groups is 1. The minimum Gasteiger partial charge on any atom is -0.392 e. The van der Waals surface area contributed by atoms with Gasteiger partial charge in [0.15, 0.2) is 0 Å². The second kappa shape index (κ2) is 5.47. The van der Waals surface area contributed by atoms with E-state index < -0.39 is 0 Å². The third kappa shape index (κ3) is 3.39. The van der Waals surface area contributed by atoms with E-state index in [0.29, 0.717) is 5.78 Å². The molecule has 0 aliphatic carbocycles. The summed E-state index contributed by atoms with van der Waals surface area (Å²) in [6.45, 7) is 6.36. The van der Waals surface area contributed by atoms with Crippen molar-refractivity contribution in [3.63, 3.8) is 0 Å². The second-order valence-electron chi connectivity index (χ2n) is 4.25. The highest BCUT2D eigenvalue weighted by Gasteiger charge is 2.22. The smallest absolute Gasteiger partial charge is 0.133 e. The topological polar surface area (TPSA) is 40.5 Å². The predicted octanol–water partition coefficient (Wildman–Crippen LogP) is 1.06. The summed E-state index contributed by atoms with van der Waals surface area (Å²) in [7, 11) is 0. The number of rotatable bonds is 4. The Labute approximate surface area is 86.1 Å². The van der Waals surface area contributed by atoms with Crippen molar-refractivity contribution in [2.24, 2.45) is 5.92 Å². The molecular formula is C11H21NO2. The molecule has 82 valence electrons. The standard InChI is InChI=1S/C11H21NO2/c1-3-11(14)8-12-6-4-10(5-7-12)9(2)13/h10-11,14H,3-8H2,1-2H3. The van der Waals surface area contributed by atoms with E-state index in [9.17, 15) is 9.90 Å². The molecule has 0 aromatic carbocycles. The molecule has 0 radical (unpaired) electrons. The van der Waals surface area contributed by atoms with Gasteiger partial charge in [0.25, 0.3) is 0 Å². The average Bonchev–Trinajstić information content (AvgIpc) is 2.18. The minimum absolute atomic E-state index is 0.205. The number of hydrogen-bond acceptors (Lipinski definition) is 3. The first-order valence-electron chi connectivity index (χ1n) is 5.54. The van der Waals surface area contributed by atoms with Gasteiger partial charge in [-0.05, 0) is 39.3 Å². The number of piperidine rings is 1. The van der Waals surface area contributed by atoms with Gasteiger partial charge < -0.3 is 10.0 Å². The van der Waals surface area contributed by atoms with Crippen LogP contribution in [0.4, 0.5) is 0 Å². The van der Waals surface area contributed by atoms with Gasteiger partial charge in [0.2, 0.25) is 0 Å². The fraction of sp³-hybridized carbons (Fsp3) is 0.909. The lowest BCUT2D eigenvalue weighted by Gasteiger charge is -2.31. The Bertz CT molecular complexity index is 186. The van der Waals surface area contributed by atoms with Crippen LogP contribution in [0.1, 0.15) is 33.1 Å². The number of aliphatic hydroxyl groups excluding tert-OH is 1. The normalized spacial score (nSPS) is 22.2. The van der Waals surface area contributed by atoms with E-state index in [-0.39, 0.29) is 12.0 Å². The van der Waals surface area contributed by atoms with Crippen LogP contribution in [0.3, 0.4) is 0 Å². The molecule has 0 aromatic rings. The Morgan fingerprint density at radius 1 is 1.50 bits per heavy atom. The van der Waals surface area contributed by atoms with Gasteiger partial charge in [0.05, 0.1) is 6.10 Å². The fourth-order valence-electron chi connectivity index (χ4n) is 1.95. The van der Waals surface area contributed by atoms with Crippen LogP contribution in [0.25, 0.3) is 0 Å². The lowest BCUT2D eigenvalue weighted by molar-refractivity contribution is -0.122. The fourth-order valence-corrected chi connectivity index (χ4v) is 1.95. The molecule has 1 aliphatic heterocycles. The molecule has 1 fully saturated rings. The van der Waals surface area contributed by atoms with Crippen LogP contribution in [-0.2, 0) is 4.79 Å². The van der Waals surface area contributed by atoms with E-state index in [1.807, 2.05) is 6.92 Å². The highest BCUT2D eigenvalue weighted by atomic mass is 16.3. The van der Waals surface area contributed by atoms with E-state index in [1.54, 1.807) is 6.92 Å². The third-order valence-electron chi connectivity index (χ3n) is 3.10. The SMILES string of the molecule is CCC(O)CN1CCC(C(C)=O)CC1. The summed E-state index contributed by atoms with van der Waals surface area (Å²) in [5.74, 6) is 0.589. The van der Waals surface area contributed by atoms with E-state index in [0.717, 1.165) is 38.9 Å². The molecule has 1 atom stereocenters. The zero-order valence-electron chi connectivity index (χ0n) is 9.20. The molecule has 0 bridgehead atoms. The van der Waals surface area contributed by atoms with Gasteiger partial charge in [-0.1, -0.05) is 6.92 Å². The molecule has 0 aromatic heterocycles. The van der Waals surface area contributed by atoms with Gasteiger partial charge >= 0.3 is 0 Å². The molecule has 1 unspecified atom stereocenters. The van der Waals surface area contributed by atoms with Crippen LogP contribution in [-0.4, -0.2) is 41.5 Å². The highest BCUT2D eigenvalue weighted by Crippen LogP contribution is 2.18. The number of carbonyl (C=O) groups excluding carboxylic acids is 1. The summed E-state index contributed by atoms with van der Waals surface area (Å²) in [6.07, 6.45) is 2.54. The number of β-amino-alcohol motifs (C(OH)–C–C–N with tert-alkyl or cyclic N) is 1. The number of Topliss-reactive ketones (excluding diaryl/α,β-unsaturated/α-hetero) is 1. The van der Waals surface area contributed by atoms with Crippen molar-refractivity contribution in [3.05, 3.63) is 0 Å². The number of hydrogen-bond donors (Lipinski definition) is 1. The molecule has 14 heavy (non-hydrogen) atoms. The number of nitrogens with zero attached hydrogens (tertiary/aromatic N) is 1. The van der Waals surface area contributed by atoms with Gasteiger partial charge in [0.1, 0.15) is 5.78 Å². The minimum atomic E-state index is -0.205. The lowest BCUT2D eigenvalue weighted by atomic mass is 9.93. The first-order chi connectivity index (χ1) is 6.63. The lowest BCUT2D eigenvalue weighted by Crippen LogP contribution is -2.40. The Kier molecular flexibility index (Phi) is 4.55. The van der Waals surface area contributed by atoms with Crippen LogP contribution in [0, 0.1) is 5.92 Å². The largest absolute Gasteiger partial charge is 0.392 e.